The fourth-order valence-corrected chi connectivity index (χ4v) is 1.74. The minimum atomic E-state index is -0.510. The predicted octanol–water partition coefficient (Wildman–Crippen LogP) is 2.91. The molecule has 3 N–H and O–H groups in total. The number of hydrogen-bond acceptors (Lipinski definition) is 2. The highest BCUT2D eigenvalue weighted by atomic mass is 35.5. The van der Waals surface area contributed by atoms with Crippen LogP contribution in [0.25, 0.3) is 0 Å². The Labute approximate surface area is 124 Å². The molecule has 0 aromatic heterocycles. The van der Waals surface area contributed by atoms with Crippen molar-refractivity contribution in [3.8, 4) is 0 Å². The Morgan fingerprint density at radius 2 is 1.85 bits per heavy atom. The minimum Gasteiger partial charge on any atom is -0.352 e. The summed E-state index contributed by atoms with van der Waals surface area (Å²) >= 11 is 0. The van der Waals surface area contributed by atoms with Gasteiger partial charge in [0.05, 0.1) is 0 Å². The summed E-state index contributed by atoms with van der Waals surface area (Å²) in [5.41, 5.74) is 5.53. The highest BCUT2D eigenvalue weighted by molar-refractivity contribution is 5.85. The van der Waals surface area contributed by atoms with E-state index in [-0.39, 0.29) is 30.4 Å². The molecule has 0 atom stereocenters. The van der Waals surface area contributed by atoms with E-state index in [2.05, 4.69) is 5.32 Å². The van der Waals surface area contributed by atoms with Crippen LogP contribution in [0.4, 0.5) is 8.78 Å². The van der Waals surface area contributed by atoms with Crippen LogP contribution in [0.5, 0.6) is 0 Å². The van der Waals surface area contributed by atoms with E-state index in [1.54, 1.807) is 0 Å². The third kappa shape index (κ3) is 7.40. The first-order valence-corrected chi connectivity index (χ1v) is 6.54. The van der Waals surface area contributed by atoms with Crippen molar-refractivity contribution in [2.24, 2.45) is 5.73 Å². The zero-order chi connectivity index (χ0) is 14.1. The van der Waals surface area contributed by atoms with Gasteiger partial charge in [-0.25, -0.2) is 8.78 Å². The number of nitrogens with two attached hydrogens (primary N) is 1. The van der Waals surface area contributed by atoms with E-state index >= 15 is 0 Å². The van der Waals surface area contributed by atoms with Crippen molar-refractivity contribution < 1.29 is 13.6 Å². The first-order chi connectivity index (χ1) is 9.13. The van der Waals surface area contributed by atoms with E-state index in [0.29, 0.717) is 13.0 Å². The lowest BCUT2D eigenvalue weighted by Crippen LogP contribution is -2.23. The summed E-state index contributed by atoms with van der Waals surface area (Å²) in [7, 11) is 0. The summed E-state index contributed by atoms with van der Waals surface area (Å²) in [4.78, 5) is 11.5. The Balaban J connectivity index is 0.00000361. The maximum absolute atomic E-state index is 13.3. The van der Waals surface area contributed by atoms with Crippen LogP contribution in [0.1, 0.15) is 37.7 Å². The van der Waals surface area contributed by atoms with Gasteiger partial charge in [0.1, 0.15) is 11.6 Å². The molecule has 1 rings (SSSR count). The maximum Gasteiger partial charge on any atom is 0.220 e. The third-order valence-corrected chi connectivity index (χ3v) is 2.84. The number of carbonyl (C=O) groups is 1. The van der Waals surface area contributed by atoms with Crippen LogP contribution in [0, 0.1) is 11.6 Å². The van der Waals surface area contributed by atoms with Gasteiger partial charge in [-0.2, -0.15) is 0 Å². The molecular weight excluding hydrogens is 286 g/mol. The first-order valence-electron chi connectivity index (χ1n) is 6.54. The molecule has 1 aromatic carbocycles. The van der Waals surface area contributed by atoms with Gasteiger partial charge in [-0.15, -0.1) is 12.4 Å². The van der Waals surface area contributed by atoms with E-state index < -0.39 is 11.6 Å². The number of unbranched alkanes of at least 4 members (excludes halogenated alkanes) is 3. The van der Waals surface area contributed by atoms with Crippen LogP contribution in [0.2, 0.25) is 0 Å². The second-order valence-electron chi connectivity index (χ2n) is 4.47. The van der Waals surface area contributed by atoms with Crippen molar-refractivity contribution in [1.29, 1.82) is 0 Å². The molecule has 0 saturated carbocycles. The molecule has 1 amide bonds. The molecule has 0 saturated heterocycles. The number of benzene rings is 1. The molecular formula is C14H21ClF2N2O. The quantitative estimate of drug-likeness (QED) is 0.726. The van der Waals surface area contributed by atoms with Crippen LogP contribution in [-0.4, -0.2) is 12.5 Å². The second kappa shape index (κ2) is 10.6. The molecule has 0 aliphatic rings. The van der Waals surface area contributed by atoms with E-state index in [0.717, 1.165) is 43.9 Å². The van der Waals surface area contributed by atoms with Gasteiger partial charge in [0.15, 0.2) is 0 Å². The van der Waals surface area contributed by atoms with Crippen molar-refractivity contribution in [1.82, 2.24) is 5.32 Å². The highest BCUT2D eigenvalue weighted by Gasteiger charge is 2.06. The topological polar surface area (TPSA) is 55.1 Å². The highest BCUT2D eigenvalue weighted by Crippen LogP contribution is 2.09. The van der Waals surface area contributed by atoms with Gasteiger partial charge in [0.25, 0.3) is 0 Å². The molecule has 0 unspecified atom stereocenters. The van der Waals surface area contributed by atoms with E-state index in [9.17, 15) is 13.6 Å². The lowest BCUT2D eigenvalue weighted by molar-refractivity contribution is -0.121. The Morgan fingerprint density at radius 1 is 1.15 bits per heavy atom. The van der Waals surface area contributed by atoms with E-state index in [1.165, 1.54) is 0 Å². The zero-order valence-corrected chi connectivity index (χ0v) is 12.1. The maximum atomic E-state index is 13.3. The number of nitrogens with one attached hydrogen (secondary N) is 1. The van der Waals surface area contributed by atoms with Crippen LogP contribution >= 0.6 is 12.4 Å². The molecule has 0 aliphatic heterocycles. The van der Waals surface area contributed by atoms with Gasteiger partial charge in [0.2, 0.25) is 5.91 Å². The average Bonchev–Trinajstić information content (AvgIpc) is 2.39. The van der Waals surface area contributed by atoms with Crippen LogP contribution in [0.3, 0.4) is 0 Å². The minimum absolute atomic E-state index is 0. The van der Waals surface area contributed by atoms with Crippen LogP contribution < -0.4 is 11.1 Å². The summed E-state index contributed by atoms with van der Waals surface area (Å²) in [5.74, 6) is -1.16. The molecule has 0 bridgehead atoms. The molecule has 3 nitrogen and oxygen atoms in total. The van der Waals surface area contributed by atoms with Gasteiger partial charge in [-0.1, -0.05) is 12.8 Å². The first kappa shape index (κ1) is 18.8. The van der Waals surface area contributed by atoms with Crippen molar-refractivity contribution in [2.75, 3.05) is 6.54 Å². The number of halogens is 3. The summed E-state index contributed by atoms with van der Waals surface area (Å²) < 4.78 is 26.2. The fraction of sp³-hybridized carbons (Fsp3) is 0.500. The summed E-state index contributed by atoms with van der Waals surface area (Å²) in [6.07, 6.45) is 4.14. The molecule has 0 spiro atoms. The Hall–Kier alpha value is -1.20. The molecule has 114 valence electrons. The van der Waals surface area contributed by atoms with Crippen molar-refractivity contribution in [2.45, 2.75) is 38.6 Å². The summed E-state index contributed by atoms with van der Waals surface area (Å²) in [6.45, 7) is 0.691. The smallest absolute Gasteiger partial charge is 0.220 e. The van der Waals surface area contributed by atoms with Gasteiger partial charge in [-0.3, -0.25) is 4.79 Å². The van der Waals surface area contributed by atoms with Crippen LogP contribution in [0.15, 0.2) is 18.2 Å². The van der Waals surface area contributed by atoms with Gasteiger partial charge in [-0.05, 0) is 37.6 Å². The molecule has 6 heteroatoms. The monoisotopic (exact) mass is 306 g/mol. The number of hydrogen-bond donors (Lipinski definition) is 2. The third-order valence-electron chi connectivity index (χ3n) is 2.84. The number of amides is 1. The molecule has 0 heterocycles. The fourth-order valence-electron chi connectivity index (χ4n) is 1.74. The SMILES string of the molecule is Cl.NCCCCCCC(=O)NCc1cc(F)ccc1F. The number of rotatable bonds is 8. The van der Waals surface area contributed by atoms with Crippen molar-refractivity contribution in [3.05, 3.63) is 35.4 Å². The van der Waals surface area contributed by atoms with Crippen LogP contribution in [-0.2, 0) is 11.3 Å². The molecule has 20 heavy (non-hydrogen) atoms. The van der Waals surface area contributed by atoms with Gasteiger partial charge >= 0.3 is 0 Å². The average molecular weight is 307 g/mol. The second-order valence-corrected chi connectivity index (χ2v) is 4.47. The molecule has 0 radical (unpaired) electrons. The van der Waals surface area contributed by atoms with Crippen molar-refractivity contribution >= 4 is 18.3 Å². The van der Waals surface area contributed by atoms with E-state index in [1.807, 2.05) is 0 Å². The standard InChI is InChI=1S/C14H20F2N2O.ClH/c15-12-6-7-13(16)11(9-12)10-18-14(19)5-3-1-2-4-8-17;/h6-7,9H,1-5,8,10,17H2,(H,18,19);1H. The molecule has 1 aromatic rings. The lowest BCUT2D eigenvalue weighted by atomic mass is 10.1. The largest absolute Gasteiger partial charge is 0.352 e. The van der Waals surface area contributed by atoms with Gasteiger partial charge < -0.3 is 11.1 Å². The summed E-state index contributed by atoms with van der Waals surface area (Å²) in [6, 6.07) is 3.21. The molecule has 0 fully saturated rings. The predicted molar refractivity (Wildman–Crippen MR) is 77.6 cm³/mol. The number of carbonyl (C=O) groups excluding carboxylic acids is 1. The lowest BCUT2D eigenvalue weighted by Gasteiger charge is -2.06. The zero-order valence-electron chi connectivity index (χ0n) is 11.3. The van der Waals surface area contributed by atoms with Gasteiger partial charge in [0, 0.05) is 18.5 Å². The summed E-state index contributed by atoms with van der Waals surface area (Å²) in [5, 5.41) is 2.59. The molecule has 0 aliphatic carbocycles. The normalized spacial score (nSPS) is 9.95. The Morgan fingerprint density at radius 3 is 2.55 bits per heavy atom. The van der Waals surface area contributed by atoms with E-state index in [4.69, 9.17) is 5.73 Å². The Kier molecular flexibility index (Phi) is 9.94. The Bertz CT molecular complexity index is 416. The van der Waals surface area contributed by atoms with Crippen molar-refractivity contribution in [3.63, 3.8) is 0 Å².